The molecule has 0 amide bonds. The molecule has 0 bridgehead atoms. The molecule has 1 aromatic heterocycles. The van der Waals surface area contributed by atoms with Crippen molar-refractivity contribution in [3.05, 3.63) is 83.2 Å². The van der Waals surface area contributed by atoms with Crippen molar-refractivity contribution < 1.29 is 9.90 Å². The lowest BCUT2D eigenvalue weighted by molar-refractivity contribution is 0.0697. The predicted octanol–water partition coefficient (Wildman–Crippen LogP) is 4.45. The first-order valence-electron chi connectivity index (χ1n) is 9.98. The molecule has 1 unspecified atom stereocenters. The van der Waals surface area contributed by atoms with Crippen LogP contribution in [0.2, 0.25) is 0 Å². The van der Waals surface area contributed by atoms with Crippen LogP contribution >= 0.6 is 0 Å². The molecule has 1 aliphatic rings. The minimum atomic E-state index is -0.955. The van der Waals surface area contributed by atoms with Gasteiger partial charge >= 0.3 is 5.97 Å². The number of aromatic nitrogens is 1. The van der Waals surface area contributed by atoms with Crippen molar-refractivity contribution in [1.29, 1.82) is 0 Å². The van der Waals surface area contributed by atoms with Crippen LogP contribution in [0.25, 0.3) is 0 Å². The second-order valence-electron chi connectivity index (χ2n) is 7.82. The lowest BCUT2D eigenvalue weighted by atomic mass is 10.0. The summed E-state index contributed by atoms with van der Waals surface area (Å²) in [6, 6.07) is 16.8. The number of anilines is 3. The van der Waals surface area contributed by atoms with Gasteiger partial charge in [0.1, 0.15) is 0 Å². The van der Waals surface area contributed by atoms with Crippen molar-refractivity contribution in [2.75, 3.05) is 30.9 Å². The van der Waals surface area contributed by atoms with Gasteiger partial charge in [-0.05, 0) is 55.4 Å². The molecule has 6 nitrogen and oxygen atoms in total. The second-order valence-corrected chi connectivity index (χ2v) is 7.82. The molecule has 2 N–H and O–H groups in total. The predicted molar refractivity (Wildman–Crippen MR) is 120 cm³/mol. The van der Waals surface area contributed by atoms with E-state index in [0.717, 1.165) is 17.9 Å². The minimum absolute atomic E-state index is 0.167. The van der Waals surface area contributed by atoms with Gasteiger partial charge in [-0.1, -0.05) is 23.8 Å². The molecule has 154 valence electrons. The highest BCUT2D eigenvalue weighted by atomic mass is 16.4. The van der Waals surface area contributed by atoms with Crippen molar-refractivity contribution in [3.8, 4) is 0 Å². The summed E-state index contributed by atoms with van der Waals surface area (Å²) < 4.78 is 0. The standard InChI is InChI=1S/C24H26N4O2/c1-16-4-6-18(7-5-16)28(3)19-8-9-20-17(12-19)15-27(2)23(20)14-26-22-13-25-11-10-21(22)24(29)30/h4-13,23,26H,14-15H2,1-3H3,(H,29,30). The van der Waals surface area contributed by atoms with Crippen LogP contribution in [0.1, 0.15) is 33.1 Å². The Bertz CT molecular complexity index is 1070. The third-order valence-electron chi connectivity index (χ3n) is 5.78. The first kappa shape index (κ1) is 19.9. The fourth-order valence-electron chi connectivity index (χ4n) is 3.99. The topological polar surface area (TPSA) is 68.7 Å². The molecule has 1 atom stereocenters. The molecule has 2 heterocycles. The molecule has 0 spiro atoms. The van der Waals surface area contributed by atoms with Gasteiger partial charge in [-0.25, -0.2) is 4.79 Å². The van der Waals surface area contributed by atoms with E-state index in [1.165, 1.54) is 29.0 Å². The number of hydrogen-bond donors (Lipinski definition) is 2. The summed E-state index contributed by atoms with van der Waals surface area (Å²) in [6.45, 7) is 3.56. The van der Waals surface area contributed by atoms with Crippen LogP contribution in [0.15, 0.2) is 60.9 Å². The summed E-state index contributed by atoms with van der Waals surface area (Å²) in [5.41, 5.74) is 6.90. The summed E-state index contributed by atoms with van der Waals surface area (Å²) in [6.07, 6.45) is 3.07. The van der Waals surface area contributed by atoms with E-state index in [1.54, 1.807) is 6.20 Å². The van der Waals surface area contributed by atoms with E-state index >= 15 is 0 Å². The number of fused-ring (bicyclic) bond motifs is 1. The largest absolute Gasteiger partial charge is 0.478 e. The summed E-state index contributed by atoms with van der Waals surface area (Å²) in [4.78, 5) is 20.0. The van der Waals surface area contributed by atoms with Crippen LogP contribution in [-0.2, 0) is 6.54 Å². The monoisotopic (exact) mass is 402 g/mol. The molecular weight excluding hydrogens is 376 g/mol. The molecule has 1 aliphatic heterocycles. The molecule has 3 aromatic rings. The quantitative estimate of drug-likeness (QED) is 0.635. The minimum Gasteiger partial charge on any atom is -0.478 e. The number of likely N-dealkylation sites (N-methyl/N-ethyl adjacent to an activating group) is 1. The van der Waals surface area contributed by atoms with Gasteiger partial charge in [-0.15, -0.1) is 0 Å². The number of nitrogens with zero attached hydrogens (tertiary/aromatic N) is 3. The van der Waals surface area contributed by atoms with E-state index in [1.807, 2.05) is 0 Å². The Morgan fingerprint density at radius 3 is 2.67 bits per heavy atom. The lowest BCUT2D eigenvalue weighted by Gasteiger charge is -2.22. The maximum absolute atomic E-state index is 11.4. The Kier molecular flexibility index (Phi) is 5.42. The zero-order valence-corrected chi connectivity index (χ0v) is 17.5. The average molecular weight is 402 g/mol. The molecule has 0 aliphatic carbocycles. The second kappa shape index (κ2) is 8.16. The smallest absolute Gasteiger partial charge is 0.337 e. The van der Waals surface area contributed by atoms with E-state index in [-0.39, 0.29) is 11.6 Å². The third-order valence-corrected chi connectivity index (χ3v) is 5.78. The zero-order chi connectivity index (χ0) is 21.3. The molecule has 0 saturated carbocycles. The molecule has 2 aromatic carbocycles. The average Bonchev–Trinajstić information content (AvgIpc) is 3.06. The summed E-state index contributed by atoms with van der Waals surface area (Å²) in [5, 5.41) is 12.7. The highest BCUT2D eigenvalue weighted by Gasteiger charge is 2.28. The first-order valence-corrected chi connectivity index (χ1v) is 9.98. The van der Waals surface area contributed by atoms with Crippen LogP contribution in [0.3, 0.4) is 0 Å². The Morgan fingerprint density at radius 1 is 1.20 bits per heavy atom. The highest BCUT2D eigenvalue weighted by Crippen LogP contribution is 2.36. The van der Waals surface area contributed by atoms with Crippen molar-refractivity contribution in [3.63, 3.8) is 0 Å². The van der Waals surface area contributed by atoms with Crippen molar-refractivity contribution in [2.45, 2.75) is 19.5 Å². The van der Waals surface area contributed by atoms with Gasteiger partial charge in [0.15, 0.2) is 0 Å². The third kappa shape index (κ3) is 3.86. The number of aryl methyl sites for hydroxylation is 1. The summed E-state index contributed by atoms with van der Waals surface area (Å²) in [7, 11) is 4.18. The Balaban J connectivity index is 1.53. The molecule has 0 radical (unpaired) electrons. The van der Waals surface area contributed by atoms with Crippen LogP contribution in [0, 0.1) is 6.92 Å². The number of carboxylic acid groups (broad SMARTS) is 1. The van der Waals surface area contributed by atoms with Gasteiger partial charge in [-0.3, -0.25) is 9.88 Å². The summed E-state index contributed by atoms with van der Waals surface area (Å²) in [5.74, 6) is -0.955. The number of carbonyl (C=O) groups is 1. The number of pyridine rings is 1. The fraction of sp³-hybridized carbons (Fsp3) is 0.250. The van der Waals surface area contributed by atoms with Crippen LogP contribution in [-0.4, -0.2) is 41.6 Å². The number of nitrogens with one attached hydrogen (secondary N) is 1. The van der Waals surface area contributed by atoms with Crippen molar-refractivity contribution in [2.24, 2.45) is 0 Å². The van der Waals surface area contributed by atoms with Crippen molar-refractivity contribution >= 4 is 23.0 Å². The van der Waals surface area contributed by atoms with Gasteiger partial charge in [0.2, 0.25) is 0 Å². The van der Waals surface area contributed by atoms with Crippen LogP contribution in [0.4, 0.5) is 17.1 Å². The number of benzene rings is 2. The summed E-state index contributed by atoms with van der Waals surface area (Å²) >= 11 is 0. The first-order chi connectivity index (χ1) is 14.4. The lowest BCUT2D eigenvalue weighted by Crippen LogP contribution is -2.24. The van der Waals surface area contributed by atoms with Crippen molar-refractivity contribution in [1.82, 2.24) is 9.88 Å². The van der Waals surface area contributed by atoms with Gasteiger partial charge in [0.25, 0.3) is 0 Å². The number of aromatic carboxylic acids is 1. The highest BCUT2D eigenvalue weighted by molar-refractivity contribution is 5.93. The number of rotatable bonds is 6. The van der Waals surface area contributed by atoms with Gasteiger partial charge < -0.3 is 15.3 Å². The van der Waals surface area contributed by atoms with Crippen LogP contribution in [0.5, 0.6) is 0 Å². The van der Waals surface area contributed by atoms with E-state index in [4.69, 9.17) is 0 Å². The van der Waals surface area contributed by atoms with E-state index < -0.39 is 5.97 Å². The Labute approximate surface area is 176 Å². The molecular formula is C24H26N4O2. The number of carboxylic acids is 1. The number of hydrogen-bond acceptors (Lipinski definition) is 5. The maximum Gasteiger partial charge on any atom is 0.337 e. The Morgan fingerprint density at radius 2 is 1.93 bits per heavy atom. The molecule has 30 heavy (non-hydrogen) atoms. The van der Waals surface area contributed by atoms with Crippen LogP contribution < -0.4 is 10.2 Å². The van der Waals surface area contributed by atoms with Gasteiger partial charge in [-0.2, -0.15) is 0 Å². The Hall–Kier alpha value is -3.38. The van der Waals surface area contributed by atoms with Gasteiger partial charge in [0.05, 0.1) is 23.5 Å². The maximum atomic E-state index is 11.4. The van der Waals surface area contributed by atoms with E-state index in [0.29, 0.717) is 12.2 Å². The molecule has 4 rings (SSSR count). The van der Waals surface area contributed by atoms with E-state index in [2.05, 4.69) is 83.6 Å². The molecule has 6 heteroatoms. The van der Waals surface area contributed by atoms with Gasteiger partial charge in [0, 0.05) is 37.7 Å². The molecule has 0 fully saturated rings. The normalized spacial score (nSPS) is 15.6. The van der Waals surface area contributed by atoms with E-state index in [9.17, 15) is 9.90 Å². The molecule has 0 saturated heterocycles. The zero-order valence-electron chi connectivity index (χ0n) is 17.5. The SMILES string of the molecule is Cc1ccc(N(C)c2ccc3c(c2)CN(C)C3CNc2cnccc2C(=O)O)cc1. The fourth-order valence-corrected chi connectivity index (χ4v) is 3.99.